The highest BCUT2D eigenvalue weighted by molar-refractivity contribution is 5.96. The van der Waals surface area contributed by atoms with Crippen LogP contribution in [0.1, 0.15) is 44.0 Å². The molecule has 1 aromatic rings. The molecule has 0 heterocycles. The number of benzene rings is 1. The first kappa shape index (κ1) is 18.0. The second kappa shape index (κ2) is 7.04. The van der Waals surface area contributed by atoms with Gasteiger partial charge in [-0.15, -0.1) is 0 Å². The fourth-order valence-electron chi connectivity index (χ4n) is 3.29. The van der Waals surface area contributed by atoms with Crippen molar-refractivity contribution < 1.29 is 14.3 Å². The van der Waals surface area contributed by atoms with Crippen LogP contribution in [-0.2, 0) is 4.74 Å². The molecule has 2 atom stereocenters. The van der Waals surface area contributed by atoms with Gasteiger partial charge >= 0.3 is 6.09 Å². The molecular weight excluding hydrogens is 302 g/mol. The molecule has 0 spiro atoms. The van der Waals surface area contributed by atoms with Crippen LogP contribution >= 0.6 is 0 Å². The Morgan fingerprint density at radius 3 is 2.42 bits per heavy atom. The van der Waals surface area contributed by atoms with Gasteiger partial charge in [-0.2, -0.15) is 0 Å². The second-order valence-corrected chi connectivity index (χ2v) is 7.18. The maximum absolute atomic E-state index is 12.5. The number of Topliss-reactive ketones (excluding diaryl/α,β-unsaturated/α-hetero) is 1. The molecule has 0 aromatic heterocycles. The highest BCUT2D eigenvalue weighted by Gasteiger charge is 2.47. The first-order valence-corrected chi connectivity index (χ1v) is 8.17. The second-order valence-electron chi connectivity index (χ2n) is 7.18. The zero-order chi connectivity index (χ0) is 17.8. The summed E-state index contributed by atoms with van der Waals surface area (Å²) in [4.78, 5) is 23.8. The number of carbonyl (C=O) groups is 2. The molecule has 24 heavy (non-hydrogen) atoms. The number of amides is 1. The minimum atomic E-state index is -0.803. The van der Waals surface area contributed by atoms with Crippen LogP contribution < -0.4 is 5.73 Å². The number of carbonyl (C=O) groups excluding carboxylic acids is 2. The molecule has 0 saturated heterocycles. The number of ether oxygens (including phenoxy) is 1. The lowest BCUT2D eigenvalue weighted by molar-refractivity contribution is -0.00723. The Hall–Kier alpha value is -2.36. The minimum absolute atomic E-state index is 0.0833. The summed E-state index contributed by atoms with van der Waals surface area (Å²) in [6, 6.07) is 9.24. The molecule has 0 fully saturated rings. The Kier molecular flexibility index (Phi) is 5.27. The predicted molar refractivity (Wildman–Crippen MR) is 94.6 cm³/mol. The smallest absolute Gasteiger partial charge is 0.405 e. The van der Waals surface area contributed by atoms with Crippen LogP contribution in [0, 0.1) is 10.8 Å². The molecule has 1 aromatic carbocycles. The number of primary amides is 1. The molecule has 0 aliphatic heterocycles. The third-order valence-electron chi connectivity index (χ3n) is 4.80. The first-order chi connectivity index (χ1) is 11.3. The van der Waals surface area contributed by atoms with Crippen molar-refractivity contribution in [3.63, 3.8) is 0 Å². The minimum Gasteiger partial charge on any atom is -0.441 e. The van der Waals surface area contributed by atoms with Gasteiger partial charge in [-0.1, -0.05) is 69.3 Å². The third-order valence-corrected chi connectivity index (χ3v) is 4.80. The molecule has 0 radical (unpaired) electrons. The number of allylic oxidation sites excluding steroid dienone is 2. The van der Waals surface area contributed by atoms with Crippen LogP contribution in [0.2, 0.25) is 0 Å². The van der Waals surface area contributed by atoms with Crippen LogP contribution in [0.15, 0.2) is 54.6 Å². The summed E-state index contributed by atoms with van der Waals surface area (Å²) in [5.74, 6) is 0.0833. The summed E-state index contributed by atoms with van der Waals surface area (Å²) in [6.45, 7) is 6.25. The number of hydrogen-bond donors (Lipinski definition) is 1. The van der Waals surface area contributed by atoms with Crippen molar-refractivity contribution in [2.24, 2.45) is 16.6 Å². The fraction of sp³-hybridized carbons (Fsp3) is 0.400. The van der Waals surface area contributed by atoms with Gasteiger partial charge in [0.2, 0.25) is 0 Å². The van der Waals surface area contributed by atoms with E-state index in [4.69, 9.17) is 10.5 Å². The molecule has 128 valence electrons. The fourth-order valence-corrected chi connectivity index (χ4v) is 3.29. The summed E-state index contributed by atoms with van der Waals surface area (Å²) >= 11 is 0. The molecule has 2 N–H and O–H groups in total. The molecular formula is C20H25NO3. The molecule has 4 nitrogen and oxygen atoms in total. The molecule has 1 aliphatic carbocycles. The normalized spacial score (nSPS) is 23.0. The van der Waals surface area contributed by atoms with Crippen molar-refractivity contribution in [2.75, 3.05) is 0 Å². The summed E-state index contributed by atoms with van der Waals surface area (Å²) in [7, 11) is 0. The lowest BCUT2D eigenvalue weighted by atomic mass is 9.59. The van der Waals surface area contributed by atoms with Crippen molar-refractivity contribution >= 4 is 11.9 Å². The van der Waals surface area contributed by atoms with Crippen LogP contribution in [0.5, 0.6) is 0 Å². The van der Waals surface area contributed by atoms with E-state index in [1.54, 1.807) is 0 Å². The number of nitrogens with two attached hydrogens (primary N) is 1. The lowest BCUT2D eigenvalue weighted by Gasteiger charge is -2.47. The highest BCUT2D eigenvalue weighted by Crippen LogP contribution is 2.49. The van der Waals surface area contributed by atoms with E-state index >= 15 is 0 Å². The maximum atomic E-state index is 12.5. The van der Waals surface area contributed by atoms with Gasteiger partial charge in [-0.05, 0) is 17.9 Å². The van der Waals surface area contributed by atoms with E-state index in [9.17, 15) is 9.59 Å². The van der Waals surface area contributed by atoms with Gasteiger partial charge in [0.05, 0.1) is 0 Å². The van der Waals surface area contributed by atoms with Crippen molar-refractivity contribution in [2.45, 2.75) is 39.7 Å². The Morgan fingerprint density at radius 2 is 1.83 bits per heavy atom. The summed E-state index contributed by atoms with van der Waals surface area (Å²) in [5.41, 5.74) is 5.25. The third kappa shape index (κ3) is 3.75. The average Bonchev–Trinajstić information content (AvgIpc) is 2.53. The molecule has 0 saturated carbocycles. The van der Waals surface area contributed by atoms with Gasteiger partial charge in [0, 0.05) is 17.4 Å². The zero-order valence-electron chi connectivity index (χ0n) is 14.5. The molecule has 4 heteroatoms. The SMILES string of the molecule is CC(C)(C)C1(CCC(=O)c2ccccc2)C=CC=CC1OC(N)=O. The van der Waals surface area contributed by atoms with Crippen LogP contribution in [0.4, 0.5) is 4.79 Å². The van der Waals surface area contributed by atoms with E-state index in [-0.39, 0.29) is 11.2 Å². The lowest BCUT2D eigenvalue weighted by Crippen LogP contribution is -2.47. The number of hydrogen-bond acceptors (Lipinski definition) is 3. The molecule has 2 rings (SSSR count). The molecule has 2 unspecified atom stereocenters. The Bertz CT molecular complexity index is 655. The highest BCUT2D eigenvalue weighted by atomic mass is 16.6. The van der Waals surface area contributed by atoms with E-state index in [2.05, 4.69) is 20.8 Å². The first-order valence-electron chi connectivity index (χ1n) is 8.17. The van der Waals surface area contributed by atoms with Crippen molar-refractivity contribution in [3.05, 3.63) is 60.2 Å². The largest absolute Gasteiger partial charge is 0.441 e. The van der Waals surface area contributed by atoms with Gasteiger partial charge in [-0.25, -0.2) is 4.79 Å². The van der Waals surface area contributed by atoms with Gasteiger partial charge in [-0.3, -0.25) is 4.79 Å². The Balaban J connectivity index is 2.25. The van der Waals surface area contributed by atoms with Gasteiger partial charge in [0.25, 0.3) is 0 Å². The van der Waals surface area contributed by atoms with Gasteiger partial charge in [0.15, 0.2) is 5.78 Å². The van der Waals surface area contributed by atoms with Crippen molar-refractivity contribution in [1.82, 2.24) is 0 Å². The van der Waals surface area contributed by atoms with Crippen molar-refractivity contribution in [3.8, 4) is 0 Å². The summed E-state index contributed by atoms with van der Waals surface area (Å²) in [5, 5.41) is 0. The maximum Gasteiger partial charge on any atom is 0.405 e. The summed E-state index contributed by atoms with van der Waals surface area (Å²) in [6.07, 6.45) is 7.32. The van der Waals surface area contributed by atoms with Crippen LogP contribution in [-0.4, -0.2) is 18.0 Å². The molecule has 0 bridgehead atoms. The topological polar surface area (TPSA) is 69.4 Å². The predicted octanol–water partition coefficient (Wildman–Crippen LogP) is 4.27. The van der Waals surface area contributed by atoms with Gasteiger partial charge in [0.1, 0.15) is 6.10 Å². The number of ketones is 1. The summed E-state index contributed by atoms with van der Waals surface area (Å²) < 4.78 is 5.36. The monoisotopic (exact) mass is 327 g/mol. The Morgan fingerprint density at radius 1 is 1.17 bits per heavy atom. The standard InChI is InChI=1S/C20H25NO3/c1-19(2,3)20(13-8-7-11-17(20)24-18(21)23)14-12-16(22)15-9-5-4-6-10-15/h4-11,13,17H,12,14H2,1-3H3,(H2,21,23). The van der Waals surface area contributed by atoms with E-state index < -0.39 is 17.6 Å². The van der Waals surface area contributed by atoms with E-state index in [1.165, 1.54) is 0 Å². The van der Waals surface area contributed by atoms with Crippen LogP contribution in [0.3, 0.4) is 0 Å². The van der Waals surface area contributed by atoms with E-state index in [0.717, 1.165) is 0 Å². The van der Waals surface area contributed by atoms with Crippen molar-refractivity contribution in [1.29, 1.82) is 0 Å². The van der Waals surface area contributed by atoms with Gasteiger partial charge < -0.3 is 10.5 Å². The quantitative estimate of drug-likeness (QED) is 0.821. The van der Waals surface area contributed by atoms with E-state index in [1.807, 2.05) is 54.6 Å². The molecule has 1 amide bonds. The molecule has 1 aliphatic rings. The average molecular weight is 327 g/mol. The number of rotatable bonds is 5. The Labute approximate surface area is 143 Å². The van der Waals surface area contributed by atoms with E-state index in [0.29, 0.717) is 18.4 Å². The zero-order valence-corrected chi connectivity index (χ0v) is 14.5. The van der Waals surface area contributed by atoms with Crippen LogP contribution in [0.25, 0.3) is 0 Å².